The van der Waals surface area contributed by atoms with Crippen LogP contribution in [0.4, 0.5) is 23.1 Å². The first-order valence-electron chi connectivity index (χ1n) is 9.87. The molecule has 1 saturated heterocycles. The Morgan fingerprint density at radius 2 is 1.82 bits per heavy atom. The summed E-state index contributed by atoms with van der Waals surface area (Å²) >= 11 is 0. The van der Waals surface area contributed by atoms with Crippen LogP contribution in [0.25, 0.3) is 0 Å². The van der Waals surface area contributed by atoms with Crippen molar-refractivity contribution in [2.45, 2.75) is 32.7 Å². The van der Waals surface area contributed by atoms with Crippen molar-refractivity contribution >= 4 is 23.1 Å². The van der Waals surface area contributed by atoms with Gasteiger partial charge < -0.3 is 15.5 Å². The van der Waals surface area contributed by atoms with Gasteiger partial charge in [-0.2, -0.15) is 4.98 Å². The lowest BCUT2D eigenvalue weighted by Gasteiger charge is -2.28. The van der Waals surface area contributed by atoms with Crippen molar-refractivity contribution in [2.24, 2.45) is 0 Å². The van der Waals surface area contributed by atoms with E-state index in [1.807, 2.05) is 31.3 Å². The van der Waals surface area contributed by atoms with E-state index >= 15 is 0 Å². The lowest BCUT2D eigenvalue weighted by Crippen LogP contribution is -2.29. The first-order valence-corrected chi connectivity index (χ1v) is 9.87. The van der Waals surface area contributed by atoms with Crippen LogP contribution >= 0.6 is 0 Å². The molecule has 1 aromatic carbocycles. The van der Waals surface area contributed by atoms with Gasteiger partial charge in [0.15, 0.2) is 0 Å². The summed E-state index contributed by atoms with van der Waals surface area (Å²) in [5.74, 6) is 1.39. The van der Waals surface area contributed by atoms with Gasteiger partial charge in [0.25, 0.3) is 0 Å². The van der Waals surface area contributed by atoms with E-state index in [1.54, 1.807) is 6.20 Å². The zero-order valence-electron chi connectivity index (χ0n) is 16.2. The molecule has 144 valence electrons. The van der Waals surface area contributed by atoms with E-state index in [-0.39, 0.29) is 0 Å². The van der Waals surface area contributed by atoms with Crippen molar-refractivity contribution in [1.82, 2.24) is 15.0 Å². The maximum absolute atomic E-state index is 4.59. The van der Waals surface area contributed by atoms with Gasteiger partial charge >= 0.3 is 0 Å². The molecule has 28 heavy (non-hydrogen) atoms. The Hall–Kier alpha value is -3.15. The van der Waals surface area contributed by atoms with Crippen LogP contribution < -0.4 is 15.5 Å². The van der Waals surface area contributed by atoms with Crippen LogP contribution in [0, 0.1) is 6.92 Å². The predicted octanol–water partition coefficient (Wildman–Crippen LogP) is 4.53. The third kappa shape index (κ3) is 4.76. The van der Waals surface area contributed by atoms with Crippen LogP contribution in [0.2, 0.25) is 0 Å². The molecule has 0 unspecified atom stereocenters. The third-order valence-corrected chi connectivity index (χ3v) is 4.89. The molecule has 2 aromatic heterocycles. The Kier molecular flexibility index (Phi) is 5.66. The molecule has 6 nitrogen and oxygen atoms in total. The fraction of sp³-hybridized carbons (Fsp3) is 0.318. The summed E-state index contributed by atoms with van der Waals surface area (Å²) in [4.78, 5) is 15.7. The molecule has 2 N–H and O–H groups in total. The largest absolute Gasteiger partial charge is 0.372 e. The van der Waals surface area contributed by atoms with E-state index in [9.17, 15) is 0 Å². The molecule has 6 heteroatoms. The molecule has 0 bridgehead atoms. The highest BCUT2D eigenvalue weighted by Crippen LogP contribution is 2.23. The second kappa shape index (κ2) is 8.69. The van der Waals surface area contributed by atoms with Gasteiger partial charge in [0.2, 0.25) is 5.95 Å². The minimum Gasteiger partial charge on any atom is -0.372 e. The SMILES string of the molecule is Cc1cc(Nc2ccc(N3CCCCC3)cc2)nc(NCc2cccnc2)n1. The summed E-state index contributed by atoms with van der Waals surface area (Å²) in [5, 5.41) is 6.66. The summed E-state index contributed by atoms with van der Waals surface area (Å²) in [6, 6.07) is 14.5. The zero-order valence-corrected chi connectivity index (χ0v) is 16.2. The lowest BCUT2D eigenvalue weighted by molar-refractivity contribution is 0.578. The van der Waals surface area contributed by atoms with Gasteiger partial charge in [-0.15, -0.1) is 0 Å². The average Bonchev–Trinajstić information content (AvgIpc) is 2.74. The van der Waals surface area contributed by atoms with Crippen LogP contribution in [-0.2, 0) is 6.54 Å². The number of anilines is 4. The number of nitrogens with one attached hydrogen (secondary N) is 2. The van der Waals surface area contributed by atoms with Crippen molar-refractivity contribution in [2.75, 3.05) is 28.6 Å². The van der Waals surface area contributed by atoms with Crippen LogP contribution in [0.3, 0.4) is 0 Å². The topological polar surface area (TPSA) is 66.0 Å². The van der Waals surface area contributed by atoms with Gasteiger partial charge in [-0.25, -0.2) is 4.98 Å². The fourth-order valence-electron chi connectivity index (χ4n) is 3.45. The minimum absolute atomic E-state index is 0.608. The van der Waals surface area contributed by atoms with Crippen molar-refractivity contribution in [3.8, 4) is 0 Å². The van der Waals surface area contributed by atoms with E-state index < -0.39 is 0 Å². The molecule has 4 rings (SSSR count). The Morgan fingerprint density at radius 3 is 2.57 bits per heavy atom. The lowest BCUT2D eigenvalue weighted by atomic mass is 10.1. The molecule has 0 amide bonds. The number of piperidine rings is 1. The quantitative estimate of drug-likeness (QED) is 0.661. The monoisotopic (exact) mass is 374 g/mol. The molecule has 1 aliphatic rings. The minimum atomic E-state index is 0.608. The molecular formula is C22H26N6. The van der Waals surface area contributed by atoms with Crippen LogP contribution in [0.5, 0.6) is 0 Å². The second-order valence-electron chi connectivity index (χ2n) is 7.15. The number of pyridine rings is 1. The number of aryl methyl sites for hydroxylation is 1. The van der Waals surface area contributed by atoms with Gasteiger partial charge in [-0.1, -0.05) is 6.07 Å². The van der Waals surface area contributed by atoms with Crippen molar-refractivity contribution in [3.63, 3.8) is 0 Å². The van der Waals surface area contributed by atoms with Gasteiger partial charge in [-0.3, -0.25) is 4.98 Å². The number of hydrogen-bond acceptors (Lipinski definition) is 6. The molecule has 1 aliphatic heterocycles. The van der Waals surface area contributed by atoms with Crippen molar-refractivity contribution in [1.29, 1.82) is 0 Å². The Balaban J connectivity index is 1.41. The highest BCUT2D eigenvalue weighted by atomic mass is 15.1. The van der Waals surface area contributed by atoms with Crippen LogP contribution in [0.1, 0.15) is 30.5 Å². The van der Waals surface area contributed by atoms with Crippen molar-refractivity contribution in [3.05, 3.63) is 66.1 Å². The molecule has 0 atom stereocenters. The maximum atomic E-state index is 4.59. The summed E-state index contributed by atoms with van der Waals surface area (Å²) < 4.78 is 0. The van der Waals surface area contributed by atoms with Gasteiger partial charge in [-0.05, 0) is 62.1 Å². The average molecular weight is 374 g/mol. The standard InChI is InChI=1S/C22H26N6/c1-17-14-21(27-22(25-17)24-16-18-6-5-11-23-15-18)26-19-7-9-20(10-8-19)28-12-3-2-4-13-28/h5-11,14-15H,2-4,12-13,16H2,1H3,(H2,24,25,26,27). The number of hydrogen-bond donors (Lipinski definition) is 2. The highest BCUT2D eigenvalue weighted by molar-refractivity contribution is 5.61. The molecule has 1 fully saturated rings. The van der Waals surface area contributed by atoms with Gasteiger partial charge in [0.05, 0.1) is 0 Å². The van der Waals surface area contributed by atoms with E-state index in [4.69, 9.17) is 0 Å². The van der Waals surface area contributed by atoms with E-state index in [2.05, 4.69) is 54.8 Å². The van der Waals surface area contributed by atoms with Gasteiger partial charge in [0.1, 0.15) is 5.82 Å². The summed E-state index contributed by atoms with van der Waals surface area (Å²) in [7, 11) is 0. The normalized spacial score (nSPS) is 14.0. The molecule has 0 radical (unpaired) electrons. The number of nitrogens with zero attached hydrogens (tertiary/aromatic N) is 4. The van der Waals surface area contributed by atoms with Crippen LogP contribution in [0.15, 0.2) is 54.9 Å². The second-order valence-corrected chi connectivity index (χ2v) is 7.15. The van der Waals surface area contributed by atoms with E-state index in [0.717, 1.165) is 35.9 Å². The Labute approximate surface area is 166 Å². The fourth-order valence-corrected chi connectivity index (χ4v) is 3.45. The van der Waals surface area contributed by atoms with Crippen LogP contribution in [-0.4, -0.2) is 28.0 Å². The third-order valence-electron chi connectivity index (χ3n) is 4.89. The molecule has 0 aliphatic carbocycles. The van der Waals surface area contributed by atoms with Crippen molar-refractivity contribution < 1.29 is 0 Å². The first kappa shape index (κ1) is 18.2. The predicted molar refractivity (Wildman–Crippen MR) is 114 cm³/mol. The Bertz CT molecular complexity index is 889. The number of benzene rings is 1. The summed E-state index contributed by atoms with van der Waals surface area (Å²) in [6.07, 6.45) is 7.53. The zero-order chi connectivity index (χ0) is 19.2. The first-order chi connectivity index (χ1) is 13.8. The maximum Gasteiger partial charge on any atom is 0.225 e. The highest BCUT2D eigenvalue weighted by Gasteiger charge is 2.10. The molecular weight excluding hydrogens is 348 g/mol. The number of aromatic nitrogens is 3. The van der Waals surface area contributed by atoms with Gasteiger partial charge in [0, 0.05) is 55.2 Å². The van der Waals surface area contributed by atoms with E-state index in [0.29, 0.717) is 12.5 Å². The smallest absolute Gasteiger partial charge is 0.225 e. The number of rotatable bonds is 6. The van der Waals surface area contributed by atoms with E-state index in [1.165, 1.54) is 24.9 Å². The molecule has 3 aromatic rings. The molecule has 3 heterocycles. The summed E-state index contributed by atoms with van der Waals surface area (Å²) in [5.41, 5.74) is 4.33. The molecule has 0 spiro atoms. The molecule has 0 saturated carbocycles. The Morgan fingerprint density at radius 1 is 1.00 bits per heavy atom. The summed E-state index contributed by atoms with van der Waals surface area (Å²) in [6.45, 7) is 4.93.